The third-order valence-electron chi connectivity index (χ3n) is 6.19. The molecule has 1 aliphatic rings. The topological polar surface area (TPSA) is 83.9 Å². The number of aryl methyl sites for hydroxylation is 1. The molecule has 7 nitrogen and oxygen atoms in total. The molecule has 6 rings (SSSR count). The van der Waals surface area contributed by atoms with Crippen molar-refractivity contribution in [1.82, 2.24) is 19.3 Å². The van der Waals surface area contributed by atoms with Crippen LogP contribution in [0.3, 0.4) is 0 Å². The summed E-state index contributed by atoms with van der Waals surface area (Å²) < 4.78 is 60.9. The van der Waals surface area contributed by atoms with Gasteiger partial charge in [0.15, 0.2) is 0 Å². The van der Waals surface area contributed by atoms with Crippen LogP contribution in [-0.4, -0.2) is 33.0 Å². The van der Waals surface area contributed by atoms with Crippen molar-refractivity contribution in [1.29, 1.82) is 0 Å². The third-order valence-corrected chi connectivity index (χ3v) is 7.97. The van der Waals surface area contributed by atoms with Gasteiger partial charge in [0.05, 0.1) is 27.3 Å². The van der Waals surface area contributed by atoms with Crippen LogP contribution >= 0.6 is 0 Å². The molecule has 1 fully saturated rings. The van der Waals surface area contributed by atoms with E-state index in [4.69, 9.17) is 0 Å². The van der Waals surface area contributed by atoms with Crippen molar-refractivity contribution in [2.45, 2.75) is 18.1 Å². The van der Waals surface area contributed by atoms with Crippen molar-refractivity contribution in [2.75, 3.05) is 0 Å². The summed E-state index contributed by atoms with van der Waals surface area (Å²) in [5.74, 6) is -1.45. The van der Waals surface area contributed by atoms with Gasteiger partial charge in [-0.3, -0.25) is 9.25 Å². The molecule has 0 unspecified atom stereocenters. The van der Waals surface area contributed by atoms with Crippen LogP contribution < -0.4 is 29.6 Å². The number of nitrogens with zero attached hydrogens (tertiary/aromatic N) is 5. The van der Waals surface area contributed by atoms with Gasteiger partial charge < -0.3 is 4.72 Å². The fraction of sp³-hybridized carbons (Fsp3) is 0.154. The number of sulfonamides is 1. The van der Waals surface area contributed by atoms with Gasteiger partial charge in [0, 0.05) is 41.4 Å². The zero-order valence-corrected chi connectivity index (χ0v) is 23.0. The van der Waals surface area contributed by atoms with Gasteiger partial charge in [-0.15, -0.1) is 5.69 Å². The van der Waals surface area contributed by atoms with Crippen molar-refractivity contribution in [3.63, 3.8) is 0 Å². The predicted octanol–water partition coefficient (Wildman–Crippen LogP) is 2.87. The molecule has 5 aromatic rings. The fourth-order valence-electron chi connectivity index (χ4n) is 4.22. The smallest absolute Gasteiger partial charge is 0.577 e. The number of halogens is 2. The van der Waals surface area contributed by atoms with Gasteiger partial charge in [-0.25, -0.2) is 22.2 Å². The molecule has 0 N–H and O–H groups in total. The minimum atomic E-state index is -3.68. The van der Waals surface area contributed by atoms with Crippen LogP contribution in [0.15, 0.2) is 73.3 Å². The summed E-state index contributed by atoms with van der Waals surface area (Å²) in [4.78, 5) is 4.53. The first kappa shape index (κ1) is 25.6. The molecule has 0 atom stereocenters. The van der Waals surface area contributed by atoms with Crippen LogP contribution in [-0.2, 0) is 17.1 Å². The Hall–Kier alpha value is -3.05. The van der Waals surface area contributed by atoms with Gasteiger partial charge in [-0.05, 0) is 54.3 Å². The maximum absolute atomic E-state index is 14.7. The van der Waals surface area contributed by atoms with Gasteiger partial charge in [0.1, 0.15) is 18.0 Å². The average molecular weight is 528 g/mol. The van der Waals surface area contributed by atoms with E-state index < -0.39 is 26.9 Å². The van der Waals surface area contributed by atoms with E-state index in [0.717, 1.165) is 34.3 Å². The maximum atomic E-state index is 14.7. The molecule has 1 saturated carbocycles. The molecule has 0 saturated heterocycles. The van der Waals surface area contributed by atoms with Crippen molar-refractivity contribution >= 4 is 26.7 Å². The molecule has 0 aliphatic heterocycles. The quantitative estimate of drug-likeness (QED) is 0.318. The van der Waals surface area contributed by atoms with E-state index in [1.54, 1.807) is 33.9 Å². The molecular formula is C26H20F2N5NaO2S. The molecule has 0 bridgehead atoms. The first-order valence-electron chi connectivity index (χ1n) is 11.3. The minimum Gasteiger partial charge on any atom is -0.577 e. The van der Waals surface area contributed by atoms with E-state index in [-0.39, 0.29) is 40.8 Å². The summed E-state index contributed by atoms with van der Waals surface area (Å²) in [5, 5.41) is 3.73. The van der Waals surface area contributed by atoms with E-state index in [2.05, 4.69) is 14.8 Å². The molecule has 0 amide bonds. The van der Waals surface area contributed by atoms with E-state index >= 15 is 0 Å². The largest absolute Gasteiger partial charge is 1.00 e. The van der Waals surface area contributed by atoms with Crippen molar-refractivity contribution in [3.05, 3.63) is 89.7 Å². The average Bonchev–Trinajstić information content (AvgIpc) is 3.49. The Kier molecular flexibility index (Phi) is 6.70. The fourth-order valence-corrected chi connectivity index (χ4v) is 5.50. The number of aromatic nitrogens is 4. The van der Waals surface area contributed by atoms with Crippen LogP contribution in [0.4, 0.5) is 14.5 Å². The summed E-state index contributed by atoms with van der Waals surface area (Å²) >= 11 is 0. The number of hydrogen-bond donors (Lipinski definition) is 0. The number of imidazole rings is 1. The van der Waals surface area contributed by atoms with E-state index in [0.29, 0.717) is 24.1 Å². The second-order valence-corrected chi connectivity index (χ2v) is 10.8. The molecule has 2 aromatic heterocycles. The summed E-state index contributed by atoms with van der Waals surface area (Å²) in [6, 6.07) is 13.9. The Morgan fingerprint density at radius 3 is 2.49 bits per heavy atom. The van der Waals surface area contributed by atoms with Gasteiger partial charge in [0.25, 0.3) is 0 Å². The van der Waals surface area contributed by atoms with Crippen LogP contribution in [0.1, 0.15) is 12.8 Å². The Labute approximate surface area is 234 Å². The van der Waals surface area contributed by atoms with Gasteiger partial charge in [0.2, 0.25) is 0 Å². The minimum absolute atomic E-state index is 0. The second kappa shape index (κ2) is 9.68. The SMILES string of the molecule is Cn1cc(-c2ccc3c(c2)ncn3-c2cc([N-]S(=O)(=O)C3CC3)cc(-c3ccc(F)cc3F)c2)cn1.[Na+]. The number of benzene rings is 3. The monoisotopic (exact) mass is 527 g/mol. The Bertz CT molecular complexity index is 1750. The van der Waals surface area contributed by atoms with Crippen molar-refractivity contribution in [2.24, 2.45) is 7.05 Å². The first-order valence-corrected chi connectivity index (χ1v) is 12.8. The van der Waals surface area contributed by atoms with Crippen molar-refractivity contribution in [3.8, 4) is 27.9 Å². The molecule has 37 heavy (non-hydrogen) atoms. The Morgan fingerprint density at radius 1 is 0.973 bits per heavy atom. The molecule has 182 valence electrons. The van der Waals surface area contributed by atoms with Gasteiger partial charge in [-0.2, -0.15) is 5.10 Å². The summed E-state index contributed by atoms with van der Waals surface area (Å²) in [6.07, 6.45) is 6.46. The zero-order valence-electron chi connectivity index (χ0n) is 20.1. The first-order chi connectivity index (χ1) is 17.3. The summed E-state index contributed by atoms with van der Waals surface area (Å²) in [6.45, 7) is 0. The standard InChI is InChI=1S/C26H20F2N5O2S.Na/c1-32-14-18(13-30-32)16-2-7-26-25(10-16)29-15-33(26)21-9-17(23-6-3-19(27)11-24(23)28)8-20(12-21)31-36(34,35)22-4-5-22;/h2-3,6-15,22H,4-5H2,1H3;/q-1;+1. The Morgan fingerprint density at radius 2 is 1.78 bits per heavy atom. The van der Waals surface area contributed by atoms with Crippen molar-refractivity contribution < 1.29 is 46.8 Å². The molecule has 3 aromatic carbocycles. The van der Waals surface area contributed by atoms with Crippen LogP contribution in [0.25, 0.3) is 43.7 Å². The molecule has 0 spiro atoms. The number of hydrogen-bond acceptors (Lipinski definition) is 4. The molecule has 2 heterocycles. The van der Waals surface area contributed by atoms with E-state index in [9.17, 15) is 17.2 Å². The second-order valence-electron chi connectivity index (χ2n) is 8.89. The van der Waals surface area contributed by atoms with Crippen LogP contribution in [0.2, 0.25) is 0 Å². The van der Waals surface area contributed by atoms with Gasteiger partial charge in [-0.1, -0.05) is 18.2 Å². The molecule has 11 heteroatoms. The van der Waals surface area contributed by atoms with E-state index in [1.165, 1.54) is 12.1 Å². The summed E-state index contributed by atoms with van der Waals surface area (Å²) in [7, 11) is -1.83. The van der Waals surface area contributed by atoms with Crippen LogP contribution in [0, 0.1) is 11.6 Å². The number of fused-ring (bicyclic) bond motifs is 1. The van der Waals surface area contributed by atoms with E-state index in [1.807, 2.05) is 31.4 Å². The maximum Gasteiger partial charge on any atom is 1.00 e. The normalized spacial score (nSPS) is 13.5. The summed E-state index contributed by atoms with van der Waals surface area (Å²) in [5.41, 5.74) is 4.65. The number of rotatable bonds is 6. The molecular weight excluding hydrogens is 507 g/mol. The molecule has 0 radical (unpaired) electrons. The predicted molar refractivity (Wildman–Crippen MR) is 134 cm³/mol. The Balaban J connectivity index is 0.00000280. The molecule has 1 aliphatic carbocycles. The third kappa shape index (κ3) is 5.06. The van der Waals surface area contributed by atoms with Crippen LogP contribution in [0.5, 0.6) is 0 Å². The zero-order chi connectivity index (χ0) is 25.0. The van der Waals surface area contributed by atoms with Gasteiger partial charge >= 0.3 is 29.6 Å².